The molecule has 0 aromatic carbocycles. The summed E-state index contributed by atoms with van der Waals surface area (Å²) in [5.41, 5.74) is 1.33. The van der Waals surface area contributed by atoms with Gasteiger partial charge >= 0.3 is 5.97 Å². The zero-order chi connectivity index (χ0) is 14.5. The molecule has 0 spiro atoms. The predicted octanol–water partition coefficient (Wildman–Crippen LogP) is 1.82. The fourth-order valence-electron chi connectivity index (χ4n) is 2.26. The van der Waals surface area contributed by atoms with E-state index in [0.29, 0.717) is 0 Å². The molecule has 1 rings (SSSR count). The quantitative estimate of drug-likeness (QED) is 0.610. The highest BCUT2D eigenvalue weighted by Crippen LogP contribution is 2.18. The van der Waals surface area contributed by atoms with Gasteiger partial charge in [0, 0.05) is 18.6 Å². The lowest BCUT2D eigenvalue weighted by Crippen LogP contribution is -2.41. The summed E-state index contributed by atoms with van der Waals surface area (Å²) in [5, 5.41) is 3.45. The molecular formula is C15H28N2O2. The van der Waals surface area contributed by atoms with Gasteiger partial charge in [-0.1, -0.05) is 6.58 Å². The Kier molecular flexibility index (Phi) is 6.01. The maximum absolute atomic E-state index is 11.4. The first-order valence-electron chi connectivity index (χ1n) is 7.03. The second-order valence-corrected chi connectivity index (χ2v) is 6.43. The van der Waals surface area contributed by atoms with Crippen LogP contribution in [0.5, 0.6) is 0 Å². The number of methoxy groups -OCH3 is 1. The molecule has 110 valence electrons. The van der Waals surface area contributed by atoms with Crippen LogP contribution in [0.1, 0.15) is 33.6 Å². The molecule has 0 amide bonds. The molecule has 1 aliphatic rings. The van der Waals surface area contributed by atoms with E-state index < -0.39 is 0 Å². The summed E-state index contributed by atoms with van der Waals surface area (Å²) in [7, 11) is 1.47. The molecule has 0 saturated carbocycles. The van der Waals surface area contributed by atoms with E-state index in [1.54, 1.807) is 0 Å². The number of carbonyl (C=O) groups excluding carboxylic acids is 1. The lowest BCUT2D eigenvalue weighted by Gasteiger charge is -2.31. The maximum atomic E-state index is 11.4. The highest BCUT2D eigenvalue weighted by Gasteiger charge is 2.25. The van der Waals surface area contributed by atoms with E-state index in [1.807, 2.05) is 0 Å². The minimum Gasteiger partial charge on any atom is -0.469 e. The monoisotopic (exact) mass is 268 g/mol. The summed E-state index contributed by atoms with van der Waals surface area (Å²) in [6.07, 6.45) is 1.79. The van der Waals surface area contributed by atoms with Gasteiger partial charge < -0.3 is 10.1 Å². The molecule has 1 aliphatic heterocycles. The Morgan fingerprint density at radius 1 is 1.37 bits per heavy atom. The lowest BCUT2D eigenvalue weighted by molar-refractivity contribution is -0.147. The largest absolute Gasteiger partial charge is 0.469 e. The SMILES string of the molecule is C=C(CNC(C)(C)C)CN1CCC(C(=O)OC)CC1. The number of nitrogens with one attached hydrogen (secondary N) is 1. The Labute approximate surface area is 117 Å². The zero-order valence-corrected chi connectivity index (χ0v) is 12.8. The van der Waals surface area contributed by atoms with Crippen molar-refractivity contribution < 1.29 is 9.53 Å². The summed E-state index contributed by atoms with van der Waals surface area (Å²) < 4.78 is 4.80. The second-order valence-electron chi connectivity index (χ2n) is 6.43. The summed E-state index contributed by atoms with van der Waals surface area (Å²) in [6, 6.07) is 0. The number of nitrogens with zero attached hydrogens (tertiary/aromatic N) is 1. The smallest absolute Gasteiger partial charge is 0.308 e. The van der Waals surface area contributed by atoms with Crippen LogP contribution in [-0.4, -0.2) is 49.7 Å². The van der Waals surface area contributed by atoms with Gasteiger partial charge in [0.15, 0.2) is 0 Å². The Balaban J connectivity index is 2.25. The number of ether oxygens (including phenoxy) is 1. The van der Waals surface area contributed by atoms with Gasteiger partial charge in [0.25, 0.3) is 0 Å². The van der Waals surface area contributed by atoms with Crippen molar-refractivity contribution in [3.05, 3.63) is 12.2 Å². The standard InChI is InChI=1S/C15H28N2O2/c1-12(10-16-15(2,3)4)11-17-8-6-13(7-9-17)14(18)19-5/h13,16H,1,6-11H2,2-5H3. The first-order valence-corrected chi connectivity index (χ1v) is 7.03. The third-order valence-electron chi connectivity index (χ3n) is 3.44. The van der Waals surface area contributed by atoms with Crippen LogP contribution in [-0.2, 0) is 9.53 Å². The van der Waals surface area contributed by atoms with Crippen LogP contribution in [0.3, 0.4) is 0 Å². The van der Waals surface area contributed by atoms with Crippen molar-refractivity contribution >= 4 is 5.97 Å². The van der Waals surface area contributed by atoms with Gasteiger partial charge in [-0.15, -0.1) is 0 Å². The van der Waals surface area contributed by atoms with E-state index >= 15 is 0 Å². The van der Waals surface area contributed by atoms with Crippen LogP contribution < -0.4 is 5.32 Å². The summed E-state index contributed by atoms with van der Waals surface area (Å²) >= 11 is 0. The van der Waals surface area contributed by atoms with Gasteiger partial charge in [0.1, 0.15) is 0 Å². The van der Waals surface area contributed by atoms with E-state index in [-0.39, 0.29) is 17.4 Å². The van der Waals surface area contributed by atoms with Gasteiger partial charge in [-0.3, -0.25) is 9.69 Å². The third kappa shape index (κ3) is 6.21. The number of hydrogen-bond donors (Lipinski definition) is 1. The molecule has 0 radical (unpaired) electrons. The molecule has 1 heterocycles. The Hall–Kier alpha value is -0.870. The molecule has 0 aliphatic carbocycles. The number of rotatable bonds is 5. The highest BCUT2D eigenvalue weighted by molar-refractivity contribution is 5.72. The molecule has 4 heteroatoms. The molecule has 4 nitrogen and oxygen atoms in total. The molecule has 0 aromatic heterocycles. The highest BCUT2D eigenvalue weighted by atomic mass is 16.5. The Morgan fingerprint density at radius 3 is 2.42 bits per heavy atom. The van der Waals surface area contributed by atoms with Crippen molar-refractivity contribution in [1.82, 2.24) is 10.2 Å². The maximum Gasteiger partial charge on any atom is 0.308 e. The first-order chi connectivity index (χ1) is 8.81. The van der Waals surface area contributed by atoms with Gasteiger partial charge in [-0.2, -0.15) is 0 Å². The van der Waals surface area contributed by atoms with Crippen molar-refractivity contribution in [2.75, 3.05) is 33.3 Å². The van der Waals surface area contributed by atoms with Gasteiger partial charge in [0.2, 0.25) is 0 Å². The topological polar surface area (TPSA) is 41.6 Å². The number of hydrogen-bond acceptors (Lipinski definition) is 4. The van der Waals surface area contributed by atoms with E-state index in [1.165, 1.54) is 12.7 Å². The fourth-order valence-corrected chi connectivity index (χ4v) is 2.26. The van der Waals surface area contributed by atoms with Crippen LogP contribution >= 0.6 is 0 Å². The molecule has 0 bridgehead atoms. The van der Waals surface area contributed by atoms with Crippen molar-refractivity contribution in [1.29, 1.82) is 0 Å². The van der Waals surface area contributed by atoms with Gasteiger partial charge in [-0.25, -0.2) is 0 Å². The predicted molar refractivity (Wildman–Crippen MR) is 78.1 cm³/mol. The van der Waals surface area contributed by atoms with Crippen LogP contribution in [0.4, 0.5) is 0 Å². The van der Waals surface area contributed by atoms with E-state index in [9.17, 15) is 4.79 Å². The van der Waals surface area contributed by atoms with E-state index in [4.69, 9.17) is 4.74 Å². The average Bonchev–Trinajstić information content (AvgIpc) is 2.35. The Bertz CT molecular complexity index is 313. The summed E-state index contributed by atoms with van der Waals surface area (Å²) in [5.74, 6) is 0.0232. The summed E-state index contributed by atoms with van der Waals surface area (Å²) in [6.45, 7) is 14.3. The lowest BCUT2D eigenvalue weighted by atomic mass is 9.96. The average molecular weight is 268 g/mol. The van der Waals surface area contributed by atoms with Crippen LogP contribution in [0.25, 0.3) is 0 Å². The second kappa shape index (κ2) is 7.06. The normalized spacial score (nSPS) is 18.3. The Morgan fingerprint density at radius 2 is 1.95 bits per heavy atom. The number of likely N-dealkylation sites (tertiary alicyclic amines) is 1. The van der Waals surface area contributed by atoms with Crippen LogP contribution in [0.15, 0.2) is 12.2 Å². The minimum absolute atomic E-state index is 0.0622. The molecule has 1 saturated heterocycles. The molecule has 0 unspecified atom stereocenters. The van der Waals surface area contributed by atoms with Crippen LogP contribution in [0, 0.1) is 5.92 Å². The van der Waals surface area contributed by atoms with E-state index in [0.717, 1.165) is 39.0 Å². The fraction of sp³-hybridized carbons (Fsp3) is 0.800. The van der Waals surface area contributed by atoms with Crippen LogP contribution in [0.2, 0.25) is 0 Å². The van der Waals surface area contributed by atoms with Crippen molar-refractivity contribution in [3.8, 4) is 0 Å². The first kappa shape index (κ1) is 16.2. The molecule has 1 N–H and O–H groups in total. The molecular weight excluding hydrogens is 240 g/mol. The van der Waals surface area contributed by atoms with Crippen molar-refractivity contribution in [3.63, 3.8) is 0 Å². The number of piperidine rings is 1. The summed E-state index contributed by atoms with van der Waals surface area (Å²) in [4.78, 5) is 13.8. The number of esters is 1. The van der Waals surface area contributed by atoms with Crippen molar-refractivity contribution in [2.45, 2.75) is 39.2 Å². The van der Waals surface area contributed by atoms with E-state index in [2.05, 4.69) is 37.6 Å². The molecule has 1 fully saturated rings. The van der Waals surface area contributed by atoms with Crippen molar-refractivity contribution in [2.24, 2.45) is 5.92 Å². The van der Waals surface area contributed by atoms with Gasteiger partial charge in [0.05, 0.1) is 13.0 Å². The molecule has 19 heavy (non-hydrogen) atoms. The molecule has 0 atom stereocenters. The zero-order valence-electron chi connectivity index (χ0n) is 12.8. The molecule has 0 aromatic rings. The third-order valence-corrected chi connectivity index (χ3v) is 3.44. The number of carbonyl (C=O) groups is 1. The van der Waals surface area contributed by atoms with Gasteiger partial charge in [-0.05, 0) is 52.3 Å². The minimum atomic E-state index is -0.0622.